The Hall–Kier alpha value is -0.380. The van der Waals surface area contributed by atoms with Gasteiger partial charge < -0.3 is 0 Å². The van der Waals surface area contributed by atoms with E-state index in [-0.39, 0.29) is 0 Å². The van der Waals surface area contributed by atoms with Crippen LogP contribution in [0.1, 0.15) is 6.92 Å². The SMILES string of the molecule is C/C=C\S(=O)(=O)F. The summed E-state index contributed by atoms with van der Waals surface area (Å²) in [4.78, 5) is 0. The topological polar surface area (TPSA) is 34.1 Å². The highest BCUT2D eigenvalue weighted by atomic mass is 32.3. The Morgan fingerprint density at radius 3 is 2.00 bits per heavy atom. The summed E-state index contributed by atoms with van der Waals surface area (Å²) in [5.41, 5.74) is 0. The quantitative estimate of drug-likeness (QED) is 0.485. The van der Waals surface area contributed by atoms with Crippen LogP contribution in [0.25, 0.3) is 0 Å². The predicted molar refractivity (Wildman–Crippen MR) is 24.8 cm³/mol. The number of allylic oxidation sites excluding steroid dienone is 1. The van der Waals surface area contributed by atoms with Crippen LogP contribution in [0, 0.1) is 0 Å². The van der Waals surface area contributed by atoms with Crippen LogP contribution in [-0.4, -0.2) is 8.42 Å². The lowest BCUT2D eigenvalue weighted by Gasteiger charge is -1.72. The minimum absolute atomic E-state index is 0.493. The van der Waals surface area contributed by atoms with Crippen molar-refractivity contribution in [3.05, 3.63) is 11.5 Å². The van der Waals surface area contributed by atoms with Gasteiger partial charge in [-0.3, -0.25) is 0 Å². The zero-order chi connectivity index (χ0) is 5.91. The molecule has 0 saturated heterocycles. The summed E-state index contributed by atoms with van der Waals surface area (Å²) >= 11 is 0. The van der Waals surface area contributed by atoms with Crippen LogP contribution in [-0.2, 0) is 10.2 Å². The molecular formula is C3H5FO2S. The van der Waals surface area contributed by atoms with Crippen molar-refractivity contribution in [1.82, 2.24) is 0 Å². The molecular weight excluding hydrogens is 119 g/mol. The lowest BCUT2D eigenvalue weighted by atomic mass is 10.8. The monoisotopic (exact) mass is 124 g/mol. The number of hydrogen-bond acceptors (Lipinski definition) is 2. The summed E-state index contributed by atoms with van der Waals surface area (Å²) in [6.07, 6.45) is 1.12. The van der Waals surface area contributed by atoms with Gasteiger partial charge in [0.1, 0.15) is 0 Å². The van der Waals surface area contributed by atoms with E-state index < -0.39 is 10.2 Å². The highest BCUT2D eigenvalue weighted by Crippen LogP contribution is 1.89. The van der Waals surface area contributed by atoms with E-state index >= 15 is 0 Å². The van der Waals surface area contributed by atoms with Gasteiger partial charge in [-0.15, -0.1) is 3.89 Å². The van der Waals surface area contributed by atoms with Crippen LogP contribution in [0.3, 0.4) is 0 Å². The molecule has 2 nitrogen and oxygen atoms in total. The summed E-state index contributed by atoms with van der Waals surface area (Å²) in [5.74, 6) is 0. The molecule has 0 aromatic heterocycles. The average Bonchev–Trinajstić information content (AvgIpc) is 1.30. The van der Waals surface area contributed by atoms with E-state index in [4.69, 9.17) is 0 Å². The molecule has 0 aliphatic rings. The van der Waals surface area contributed by atoms with Gasteiger partial charge in [0, 0.05) is 0 Å². The maximum atomic E-state index is 11.3. The molecule has 0 aromatic rings. The van der Waals surface area contributed by atoms with Crippen molar-refractivity contribution >= 4 is 10.2 Å². The number of halogens is 1. The third kappa shape index (κ3) is 5.62. The van der Waals surface area contributed by atoms with Crippen molar-refractivity contribution in [3.63, 3.8) is 0 Å². The Morgan fingerprint density at radius 2 is 2.00 bits per heavy atom. The van der Waals surface area contributed by atoms with Gasteiger partial charge in [0.15, 0.2) is 0 Å². The van der Waals surface area contributed by atoms with Crippen molar-refractivity contribution in [1.29, 1.82) is 0 Å². The van der Waals surface area contributed by atoms with E-state index in [0.29, 0.717) is 5.41 Å². The van der Waals surface area contributed by atoms with Gasteiger partial charge in [-0.2, -0.15) is 8.42 Å². The van der Waals surface area contributed by atoms with Crippen molar-refractivity contribution in [3.8, 4) is 0 Å². The molecule has 4 heteroatoms. The van der Waals surface area contributed by atoms with Gasteiger partial charge in [-0.25, -0.2) is 0 Å². The van der Waals surface area contributed by atoms with Crippen LogP contribution in [0.4, 0.5) is 3.89 Å². The predicted octanol–water partition coefficient (Wildman–Crippen LogP) is 0.819. The summed E-state index contributed by atoms with van der Waals surface area (Å²) in [6.45, 7) is 1.43. The molecule has 0 amide bonds. The minimum Gasteiger partial charge on any atom is -0.190 e. The maximum absolute atomic E-state index is 11.3. The fourth-order valence-electron chi connectivity index (χ4n) is 0.163. The second-order valence-electron chi connectivity index (χ2n) is 0.945. The molecule has 0 N–H and O–H groups in total. The van der Waals surface area contributed by atoms with Gasteiger partial charge in [0.2, 0.25) is 0 Å². The fourth-order valence-corrected chi connectivity index (χ4v) is 0.488. The largest absolute Gasteiger partial charge is 0.324 e. The first-order chi connectivity index (χ1) is 3.06. The molecule has 0 saturated carbocycles. The average molecular weight is 124 g/mol. The molecule has 0 aliphatic heterocycles. The Balaban J connectivity index is 4.13. The third-order valence-corrected chi connectivity index (χ3v) is 0.896. The van der Waals surface area contributed by atoms with E-state index in [2.05, 4.69) is 0 Å². The van der Waals surface area contributed by atoms with Crippen LogP contribution in [0.5, 0.6) is 0 Å². The lowest BCUT2D eigenvalue weighted by molar-refractivity contribution is 0.563. The second-order valence-corrected chi connectivity index (χ2v) is 2.17. The maximum Gasteiger partial charge on any atom is 0.324 e. The molecule has 0 spiro atoms. The summed E-state index contributed by atoms with van der Waals surface area (Å²) in [6, 6.07) is 0. The van der Waals surface area contributed by atoms with E-state index in [0.717, 1.165) is 6.08 Å². The second kappa shape index (κ2) is 2.07. The van der Waals surface area contributed by atoms with Gasteiger partial charge in [0.05, 0.1) is 5.41 Å². The normalized spacial score (nSPS) is 12.9. The van der Waals surface area contributed by atoms with E-state index in [1.54, 1.807) is 0 Å². The van der Waals surface area contributed by atoms with Gasteiger partial charge in [-0.1, -0.05) is 6.08 Å². The van der Waals surface area contributed by atoms with Crippen molar-refractivity contribution in [2.24, 2.45) is 0 Å². The molecule has 0 fully saturated rings. The molecule has 0 bridgehead atoms. The molecule has 0 aromatic carbocycles. The highest BCUT2D eigenvalue weighted by Gasteiger charge is 1.94. The van der Waals surface area contributed by atoms with E-state index in [1.807, 2.05) is 0 Å². The summed E-state index contributed by atoms with van der Waals surface area (Å²) in [5, 5.41) is 0.493. The smallest absolute Gasteiger partial charge is 0.190 e. The van der Waals surface area contributed by atoms with Crippen LogP contribution < -0.4 is 0 Å². The molecule has 0 atom stereocenters. The zero-order valence-corrected chi connectivity index (χ0v) is 4.57. The Bertz CT molecular complexity index is 156. The number of hydrogen-bond donors (Lipinski definition) is 0. The molecule has 0 radical (unpaired) electrons. The molecule has 42 valence electrons. The van der Waals surface area contributed by atoms with E-state index in [1.165, 1.54) is 6.92 Å². The number of rotatable bonds is 1. The van der Waals surface area contributed by atoms with Crippen molar-refractivity contribution in [2.45, 2.75) is 6.92 Å². The Kier molecular flexibility index (Phi) is 1.95. The van der Waals surface area contributed by atoms with Crippen molar-refractivity contribution in [2.75, 3.05) is 0 Å². The Labute approximate surface area is 41.9 Å². The lowest BCUT2D eigenvalue weighted by Crippen LogP contribution is -1.78. The van der Waals surface area contributed by atoms with E-state index in [9.17, 15) is 12.3 Å². The Morgan fingerprint density at radius 1 is 1.57 bits per heavy atom. The fraction of sp³-hybridized carbons (Fsp3) is 0.333. The van der Waals surface area contributed by atoms with Crippen molar-refractivity contribution < 1.29 is 12.3 Å². The van der Waals surface area contributed by atoms with Gasteiger partial charge >= 0.3 is 10.2 Å². The molecule has 0 unspecified atom stereocenters. The first-order valence-electron chi connectivity index (χ1n) is 1.63. The highest BCUT2D eigenvalue weighted by molar-refractivity contribution is 7.89. The third-order valence-electron chi connectivity index (χ3n) is 0.299. The minimum atomic E-state index is -4.35. The summed E-state index contributed by atoms with van der Waals surface area (Å²) < 4.78 is 30.2. The molecule has 7 heavy (non-hydrogen) atoms. The van der Waals surface area contributed by atoms with Crippen LogP contribution in [0.15, 0.2) is 11.5 Å². The standard InChI is InChI=1S/C3H5FO2S/c1-2-3-7(4,5)6/h2-3H,1H3/b3-2-. The summed E-state index contributed by atoms with van der Waals surface area (Å²) in [7, 11) is -4.35. The van der Waals surface area contributed by atoms with Crippen LogP contribution >= 0.6 is 0 Å². The first-order valence-corrected chi connectivity index (χ1v) is 3.08. The zero-order valence-electron chi connectivity index (χ0n) is 3.76. The first kappa shape index (κ1) is 6.62. The van der Waals surface area contributed by atoms with Crippen LogP contribution in [0.2, 0.25) is 0 Å². The molecule has 0 heterocycles. The van der Waals surface area contributed by atoms with Gasteiger partial charge in [-0.05, 0) is 6.92 Å². The molecule has 0 rings (SSSR count). The molecule has 0 aliphatic carbocycles. The van der Waals surface area contributed by atoms with Gasteiger partial charge in [0.25, 0.3) is 0 Å².